The molecule has 25 heavy (non-hydrogen) atoms. The molecule has 0 aliphatic carbocycles. The van der Waals surface area contributed by atoms with Gasteiger partial charge in [-0.1, -0.05) is 31.7 Å². The second-order valence-corrected chi connectivity index (χ2v) is 6.93. The van der Waals surface area contributed by atoms with Crippen LogP contribution in [-0.4, -0.2) is 56.5 Å². The Morgan fingerprint density at radius 1 is 1.40 bits per heavy atom. The minimum atomic E-state index is -0.517. The number of hydrogen-bond donors (Lipinski definition) is 2. The van der Waals surface area contributed by atoms with Gasteiger partial charge in [-0.2, -0.15) is 0 Å². The molecule has 0 bridgehead atoms. The van der Waals surface area contributed by atoms with E-state index < -0.39 is 11.7 Å². The topological polar surface area (TPSA) is 76.8 Å². The Hall–Kier alpha value is -1.79. The Bertz CT molecular complexity index is 479. The van der Waals surface area contributed by atoms with Gasteiger partial charge < -0.3 is 20.5 Å². The van der Waals surface area contributed by atoms with E-state index in [0.29, 0.717) is 19.6 Å². The minimum absolute atomic E-state index is 0.154. The van der Waals surface area contributed by atoms with E-state index in [-0.39, 0.29) is 6.10 Å². The Balaban J connectivity index is 4.59. The highest BCUT2D eigenvalue weighted by Crippen LogP contribution is 2.09. The second-order valence-electron chi connectivity index (χ2n) is 6.93. The molecule has 0 spiro atoms. The molecular formula is C19H35N3O3. The van der Waals surface area contributed by atoms with E-state index >= 15 is 0 Å². The summed E-state index contributed by atoms with van der Waals surface area (Å²) in [6.45, 7) is 13.0. The number of nitrogens with one attached hydrogen (secondary N) is 1. The van der Waals surface area contributed by atoms with E-state index in [0.717, 1.165) is 17.7 Å². The molecular weight excluding hydrogens is 318 g/mol. The van der Waals surface area contributed by atoms with Crippen LogP contribution in [0.25, 0.3) is 0 Å². The van der Waals surface area contributed by atoms with Crippen molar-refractivity contribution >= 4 is 6.09 Å². The standard InChI is InChI=1S/C19H35N3O3/c1-8-10-15(17(20)11-9-2)13-22(6)14-16(24-7)12-21-18(23)25-19(3,4)5/h8,10-11,16H,1,9,12-14,20H2,2-7H3,(H,21,23)/b15-10-,17-11+. The van der Waals surface area contributed by atoms with E-state index in [1.54, 1.807) is 13.2 Å². The van der Waals surface area contributed by atoms with E-state index in [4.69, 9.17) is 15.2 Å². The van der Waals surface area contributed by atoms with Crippen molar-refractivity contribution in [1.82, 2.24) is 10.2 Å². The number of allylic oxidation sites excluding steroid dienone is 3. The number of carbonyl (C=O) groups excluding carboxylic acids is 1. The van der Waals surface area contributed by atoms with E-state index in [2.05, 4.69) is 16.8 Å². The average Bonchev–Trinajstić information content (AvgIpc) is 2.49. The maximum atomic E-state index is 11.7. The summed E-state index contributed by atoms with van der Waals surface area (Å²) < 4.78 is 10.7. The molecule has 0 aromatic heterocycles. The Morgan fingerprint density at radius 3 is 2.52 bits per heavy atom. The molecule has 0 saturated carbocycles. The van der Waals surface area contributed by atoms with Crippen molar-refractivity contribution in [1.29, 1.82) is 0 Å². The predicted molar refractivity (Wildman–Crippen MR) is 103 cm³/mol. The third kappa shape index (κ3) is 11.4. The van der Waals surface area contributed by atoms with Gasteiger partial charge in [0.05, 0.1) is 6.10 Å². The Kier molecular flexibility index (Phi) is 10.9. The Labute approximate surface area is 152 Å². The number of methoxy groups -OCH3 is 1. The third-order valence-electron chi connectivity index (χ3n) is 3.28. The SMILES string of the molecule is C=C/C=C(CN(C)CC(CNC(=O)OC(C)(C)C)OC)\C(N)=C/CC. The van der Waals surface area contributed by atoms with Gasteiger partial charge >= 0.3 is 6.09 Å². The molecule has 0 aliphatic rings. The summed E-state index contributed by atoms with van der Waals surface area (Å²) in [5, 5.41) is 2.74. The van der Waals surface area contributed by atoms with E-state index in [1.165, 1.54) is 0 Å². The van der Waals surface area contributed by atoms with Gasteiger partial charge in [0, 0.05) is 32.4 Å². The maximum Gasteiger partial charge on any atom is 0.407 e. The summed E-state index contributed by atoms with van der Waals surface area (Å²) >= 11 is 0. The molecule has 0 saturated heterocycles. The fraction of sp³-hybridized carbons (Fsp3) is 0.632. The number of nitrogens with two attached hydrogens (primary N) is 1. The molecule has 6 heteroatoms. The summed E-state index contributed by atoms with van der Waals surface area (Å²) in [7, 11) is 3.61. The number of carbonyl (C=O) groups is 1. The summed E-state index contributed by atoms with van der Waals surface area (Å²) in [6, 6.07) is 0. The van der Waals surface area contributed by atoms with Crippen molar-refractivity contribution in [2.45, 2.75) is 45.8 Å². The van der Waals surface area contributed by atoms with Crippen molar-refractivity contribution in [3.05, 3.63) is 36.1 Å². The van der Waals surface area contributed by atoms with Crippen molar-refractivity contribution < 1.29 is 14.3 Å². The number of nitrogens with zero attached hydrogens (tertiary/aromatic N) is 1. The molecule has 0 rings (SSSR count). The lowest BCUT2D eigenvalue weighted by Gasteiger charge is -2.25. The van der Waals surface area contributed by atoms with Gasteiger partial charge in [0.1, 0.15) is 5.60 Å². The van der Waals surface area contributed by atoms with Gasteiger partial charge in [0.25, 0.3) is 0 Å². The van der Waals surface area contributed by atoms with Gasteiger partial charge in [-0.3, -0.25) is 4.90 Å². The largest absolute Gasteiger partial charge is 0.444 e. The zero-order valence-corrected chi connectivity index (χ0v) is 16.6. The summed E-state index contributed by atoms with van der Waals surface area (Å²) in [5.74, 6) is 0. The number of rotatable bonds is 10. The summed E-state index contributed by atoms with van der Waals surface area (Å²) in [5.41, 5.74) is 7.35. The predicted octanol–water partition coefficient (Wildman–Crippen LogP) is 2.82. The second kappa shape index (κ2) is 11.7. The molecule has 1 unspecified atom stereocenters. The molecule has 3 N–H and O–H groups in total. The molecule has 0 fully saturated rings. The highest BCUT2D eigenvalue weighted by molar-refractivity contribution is 5.67. The Morgan fingerprint density at radius 2 is 2.04 bits per heavy atom. The van der Waals surface area contributed by atoms with Gasteiger partial charge in [0.2, 0.25) is 0 Å². The first-order chi connectivity index (χ1) is 11.6. The number of alkyl carbamates (subject to hydrolysis) is 1. The minimum Gasteiger partial charge on any atom is -0.444 e. The molecule has 0 aliphatic heterocycles. The van der Waals surface area contributed by atoms with Crippen molar-refractivity contribution in [2.24, 2.45) is 5.73 Å². The van der Waals surface area contributed by atoms with Crippen molar-refractivity contribution in [2.75, 3.05) is 33.8 Å². The van der Waals surface area contributed by atoms with E-state index in [1.807, 2.05) is 46.9 Å². The highest BCUT2D eigenvalue weighted by atomic mass is 16.6. The lowest BCUT2D eigenvalue weighted by molar-refractivity contribution is 0.0414. The lowest BCUT2D eigenvalue weighted by Crippen LogP contribution is -2.42. The zero-order valence-electron chi connectivity index (χ0n) is 16.6. The lowest BCUT2D eigenvalue weighted by atomic mass is 10.1. The van der Waals surface area contributed by atoms with Gasteiger partial charge in [-0.15, -0.1) is 0 Å². The monoisotopic (exact) mass is 353 g/mol. The van der Waals surface area contributed by atoms with Crippen LogP contribution < -0.4 is 11.1 Å². The van der Waals surface area contributed by atoms with Crippen LogP contribution in [0.2, 0.25) is 0 Å². The zero-order chi connectivity index (χ0) is 19.5. The maximum absolute atomic E-state index is 11.7. The van der Waals surface area contributed by atoms with Gasteiger partial charge in [-0.05, 0) is 39.8 Å². The quantitative estimate of drug-likeness (QED) is 0.591. The molecule has 1 atom stereocenters. The smallest absolute Gasteiger partial charge is 0.407 e. The average molecular weight is 354 g/mol. The molecule has 144 valence electrons. The van der Waals surface area contributed by atoms with Crippen LogP contribution in [0.1, 0.15) is 34.1 Å². The number of hydrogen-bond acceptors (Lipinski definition) is 5. The molecule has 1 amide bonds. The summed E-state index contributed by atoms with van der Waals surface area (Å²) in [4.78, 5) is 13.8. The molecule has 0 aromatic carbocycles. The molecule has 6 nitrogen and oxygen atoms in total. The van der Waals surface area contributed by atoms with Crippen LogP contribution in [-0.2, 0) is 9.47 Å². The van der Waals surface area contributed by atoms with Crippen molar-refractivity contribution in [3.8, 4) is 0 Å². The number of likely N-dealkylation sites (N-methyl/N-ethyl adjacent to an activating group) is 1. The molecule has 0 radical (unpaired) electrons. The third-order valence-corrected chi connectivity index (χ3v) is 3.28. The van der Waals surface area contributed by atoms with Crippen LogP contribution in [0.15, 0.2) is 36.1 Å². The first kappa shape index (κ1) is 23.2. The van der Waals surface area contributed by atoms with E-state index in [9.17, 15) is 4.79 Å². The van der Waals surface area contributed by atoms with Crippen LogP contribution in [0, 0.1) is 0 Å². The van der Waals surface area contributed by atoms with Crippen LogP contribution in [0.3, 0.4) is 0 Å². The first-order valence-corrected chi connectivity index (χ1v) is 8.58. The molecule has 0 heterocycles. The number of ether oxygens (including phenoxy) is 2. The van der Waals surface area contributed by atoms with Crippen LogP contribution >= 0.6 is 0 Å². The van der Waals surface area contributed by atoms with Gasteiger partial charge in [0.15, 0.2) is 0 Å². The highest BCUT2D eigenvalue weighted by Gasteiger charge is 2.18. The molecule has 0 aromatic rings. The van der Waals surface area contributed by atoms with Crippen LogP contribution in [0.4, 0.5) is 4.79 Å². The van der Waals surface area contributed by atoms with Gasteiger partial charge in [-0.25, -0.2) is 4.79 Å². The fourth-order valence-corrected chi connectivity index (χ4v) is 2.17. The first-order valence-electron chi connectivity index (χ1n) is 8.58. The van der Waals surface area contributed by atoms with Crippen LogP contribution in [0.5, 0.6) is 0 Å². The normalized spacial score (nSPS) is 14.4. The fourth-order valence-electron chi connectivity index (χ4n) is 2.17. The number of amides is 1. The summed E-state index contributed by atoms with van der Waals surface area (Å²) in [6.07, 6.45) is 5.92. The van der Waals surface area contributed by atoms with Crippen molar-refractivity contribution in [3.63, 3.8) is 0 Å².